The highest BCUT2D eigenvalue weighted by Crippen LogP contribution is 2.11. The van der Waals surface area contributed by atoms with E-state index in [1.807, 2.05) is 0 Å². The van der Waals surface area contributed by atoms with Crippen LogP contribution in [-0.4, -0.2) is 12.6 Å². The molecule has 1 N–H and O–H groups in total. The highest BCUT2D eigenvalue weighted by Gasteiger charge is 2.03. The van der Waals surface area contributed by atoms with Crippen molar-refractivity contribution in [3.63, 3.8) is 0 Å². The molecule has 1 atom stereocenters. The minimum atomic E-state index is 0.340. The van der Waals surface area contributed by atoms with Crippen molar-refractivity contribution in [3.05, 3.63) is 35.4 Å². The second kappa shape index (κ2) is 7.42. The zero-order chi connectivity index (χ0) is 11.8. The van der Waals surface area contributed by atoms with Gasteiger partial charge in [0.2, 0.25) is 0 Å². The highest BCUT2D eigenvalue weighted by atomic mass is 16.5. The molecule has 0 radical (unpaired) electrons. The summed E-state index contributed by atoms with van der Waals surface area (Å²) in [6.07, 6.45) is 1.40. The Labute approximate surface area is 99.0 Å². The third-order valence-corrected chi connectivity index (χ3v) is 2.78. The van der Waals surface area contributed by atoms with Crippen LogP contribution in [0, 0.1) is 0 Å². The number of nitrogens with one attached hydrogen (secondary N) is 1. The number of rotatable bonds is 7. The summed E-state index contributed by atoms with van der Waals surface area (Å²) in [6.45, 7) is 9.04. The van der Waals surface area contributed by atoms with E-state index >= 15 is 0 Å². The first-order valence-corrected chi connectivity index (χ1v) is 6.17. The monoisotopic (exact) mass is 221 g/mol. The normalized spacial score (nSPS) is 12.7. The van der Waals surface area contributed by atoms with Crippen molar-refractivity contribution in [2.75, 3.05) is 6.54 Å². The van der Waals surface area contributed by atoms with Crippen LogP contribution in [0.5, 0.6) is 0 Å². The molecule has 1 rings (SSSR count). The van der Waals surface area contributed by atoms with Crippen molar-refractivity contribution in [1.29, 1.82) is 0 Å². The summed E-state index contributed by atoms with van der Waals surface area (Å²) >= 11 is 0. The van der Waals surface area contributed by atoms with Crippen molar-refractivity contribution >= 4 is 0 Å². The maximum atomic E-state index is 5.77. The molecule has 0 saturated heterocycles. The SMILES string of the molecule is CCNCc1ccccc1COC(C)CC. The van der Waals surface area contributed by atoms with E-state index in [1.165, 1.54) is 11.1 Å². The first-order chi connectivity index (χ1) is 7.77. The standard InChI is InChI=1S/C14H23NO/c1-4-12(3)16-11-14-9-7-6-8-13(14)10-15-5-2/h6-9,12,15H,4-5,10-11H2,1-3H3. The van der Waals surface area contributed by atoms with Crippen molar-refractivity contribution in [2.45, 2.75) is 46.4 Å². The van der Waals surface area contributed by atoms with Gasteiger partial charge < -0.3 is 10.1 Å². The molecule has 0 fully saturated rings. The van der Waals surface area contributed by atoms with Gasteiger partial charge in [-0.1, -0.05) is 38.1 Å². The van der Waals surface area contributed by atoms with E-state index in [9.17, 15) is 0 Å². The van der Waals surface area contributed by atoms with E-state index in [2.05, 4.69) is 50.4 Å². The number of hydrogen-bond acceptors (Lipinski definition) is 2. The molecule has 1 unspecified atom stereocenters. The fourth-order valence-electron chi connectivity index (χ4n) is 1.48. The molecule has 2 nitrogen and oxygen atoms in total. The average Bonchev–Trinajstić information content (AvgIpc) is 2.34. The zero-order valence-electron chi connectivity index (χ0n) is 10.6. The van der Waals surface area contributed by atoms with Crippen LogP contribution in [0.25, 0.3) is 0 Å². The third-order valence-electron chi connectivity index (χ3n) is 2.78. The van der Waals surface area contributed by atoms with Crippen LogP contribution < -0.4 is 5.32 Å². The van der Waals surface area contributed by atoms with E-state index in [-0.39, 0.29) is 0 Å². The molecule has 0 saturated carbocycles. The molecule has 1 aromatic rings. The predicted molar refractivity (Wildman–Crippen MR) is 68.4 cm³/mol. The second-order valence-electron chi connectivity index (χ2n) is 4.08. The molecule has 0 heterocycles. The Balaban J connectivity index is 2.56. The van der Waals surface area contributed by atoms with Gasteiger partial charge in [0.1, 0.15) is 0 Å². The van der Waals surface area contributed by atoms with Crippen LogP contribution in [0.3, 0.4) is 0 Å². The molecule has 0 spiro atoms. The van der Waals surface area contributed by atoms with Crippen LogP contribution in [0.2, 0.25) is 0 Å². The zero-order valence-corrected chi connectivity index (χ0v) is 10.6. The molecule has 0 amide bonds. The average molecular weight is 221 g/mol. The molecule has 90 valence electrons. The van der Waals surface area contributed by atoms with Gasteiger partial charge in [-0.25, -0.2) is 0 Å². The van der Waals surface area contributed by atoms with Gasteiger partial charge in [0, 0.05) is 6.54 Å². The molecular weight excluding hydrogens is 198 g/mol. The third kappa shape index (κ3) is 4.33. The molecule has 16 heavy (non-hydrogen) atoms. The summed E-state index contributed by atoms with van der Waals surface area (Å²) in [7, 11) is 0. The van der Waals surface area contributed by atoms with Gasteiger partial charge in [0.25, 0.3) is 0 Å². The summed E-state index contributed by atoms with van der Waals surface area (Å²) in [4.78, 5) is 0. The summed E-state index contributed by atoms with van der Waals surface area (Å²) < 4.78 is 5.77. The Morgan fingerprint density at radius 1 is 1.19 bits per heavy atom. The Bertz CT molecular complexity index is 299. The maximum Gasteiger partial charge on any atom is 0.0723 e. The maximum absolute atomic E-state index is 5.77. The van der Waals surface area contributed by atoms with Gasteiger partial charge in [-0.05, 0) is 31.0 Å². The second-order valence-corrected chi connectivity index (χ2v) is 4.08. The van der Waals surface area contributed by atoms with E-state index in [0.717, 1.165) is 26.1 Å². The molecule has 0 aliphatic rings. The number of benzene rings is 1. The molecule has 0 bridgehead atoms. The fourth-order valence-corrected chi connectivity index (χ4v) is 1.48. The Kier molecular flexibility index (Phi) is 6.12. The largest absolute Gasteiger partial charge is 0.374 e. The van der Waals surface area contributed by atoms with Crippen LogP contribution in [-0.2, 0) is 17.9 Å². The highest BCUT2D eigenvalue weighted by molar-refractivity contribution is 5.26. The predicted octanol–water partition coefficient (Wildman–Crippen LogP) is 3.11. The smallest absolute Gasteiger partial charge is 0.0723 e. The topological polar surface area (TPSA) is 21.3 Å². The number of ether oxygens (including phenoxy) is 1. The van der Waals surface area contributed by atoms with Crippen LogP contribution in [0.4, 0.5) is 0 Å². The summed E-state index contributed by atoms with van der Waals surface area (Å²) in [5.74, 6) is 0. The van der Waals surface area contributed by atoms with Gasteiger partial charge in [0.05, 0.1) is 12.7 Å². The summed E-state index contributed by atoms with van der Waals surface area (Å²) in [6, 6.07) is 8.47. The minimum absolute atomic E-state index is 0.340. The van der Waals surface area contributed by atoms with Crippen LogP contribution in [0.1, 0.15) is 38.3 Å². The lowest BCUT2D eigenvalue weighted by atomic mass is 10.1. The molecule has 0 aromatic heterocycles. The van der Waals surface area contributed by atoms with Gasteiger partial charge in [0.15, 0.2) is 0 Å². The van der Waals surface area contributed by atoms with Gasteiger partial charge in [-0.3, -0.25) is 0 Å². The first-order valence-electron chi connectivity index (χ1n) is 6.17. The van der Waals surface area contributed by atoms with Gasteiger partial charge in [-0.2, -0.15) is 0 Å². The number of hydrogen-bond donors (Lipinski definition) is 1. The summed E-state index contributed by atoms with van der Waals surface area (Å²) in [5, 5.41) is 3.35. The Morgan fingerprint density at radius 2 is 1.88 bits per heavy atom. The molecule has 2 heteroatoms. The lowest BCUT2D eigenvalue weighted by Crippen LogP contribution is -2.14. The van der Waals surface area contributed by atoms with Crippen molar-refractivity contribution < 1.29 is 4.74 Å². The lowest BCUT2D eigenvalue weighted by Gasteiger charge is -2.13. The van der Waals surface area contributed by atoms with Crippen molar-refractivity contribution in [2.24, 2.45) is 0 Å². The fraction of sp³-hybridized carbons (Fsp3) is 0.571. The van der Waals surface area contributed by atoms with E-state index in [4.69, 9.17) is 4.74 Å². The molecule has 0 aliphatic carbocycles. The molecule has 0 aliphatic heterocycles. The van der Waals surface area contributed by atoms with Crippen LogP contribution in [0.15, 0.2) is 24.3 Å². The Morgan fingerprint density at radius 3 is 2.50 bits per heavy atom. The van der Waals surface area contributed by atoms with E-state index in [0.29, 0.717) is 6.10 Å². The van der Waals surface area contributed by atoms with Crippen molar-refractivity contribution in [3.8, 4) is 0 Å². The molecule has 1 aromatic carbocycles. The van der Waals surface area contributed by atoms with E-state index in [1.54, 1.807) is 0 Å². The quantitative estimate of drug-likeness (QED) is 0.764. The van der Waals surface area contributed by atoms with Crippen molar-refractivity contribution in [1.82, 2.24) is 5.32 Å². The van der Waals surface area contributed by atoms with Gasteiger partial charge in [-0.15, -0.1) is 0 Å². The van der Waals surface area contributed by atoms with Crippen LogP contribution >= 0.6 is 0 Å². The van der Waals surface area contributed by atoms with Gasteiger partial charge >= 0.3 is 0 Å². The minimum Gasteiger partial charge on any atom is -0.374 e. The lowest BCUT2D eigenvalue weighted by molar-refractivity contribution is 0.0504. The molecular formula is C14H23NO. The first kappa shape index (κ1) is 13.2. The summed E-state index contributed by atoms with van der Waals surface area (Å²) in [5.41, 5.74) is 2.64. The Hall–Kier alpha value is -0.860. The van der Waals surface area contributed by atoms with E-state index < -0.39 is 0 Å².